The molecule has 1 aromatic heterocycles. The number of hydrogen-bond donors (Lipinski definition) is 2. The lowest BCUT2D eigenvalue weighted by Gasteiger charge is -2.27. The van der Waals surface area contributed by atoms with Crippen LogP contribution in [0.5, 0.6) is 0 Å². The lowest BCUT2D eigenvalue weighted by Crippen LogP contribution is -2.34. The van der Waals surface area contributed by atoms with E-state index in [1.807, 2.05) is 11.0 Å². The second-order valence-corrected chi connectivity index (χ2v) is 6.77. The van der Waals surface area contributed by atoms with Crippen molar-refractivity contribution in [2.24, 2.45) is 5.92 Å². The van der Waals surface area contributed by atoms with Crippen molar-refractivity contribution in [2.45, 2.75) is 20.0 Å². The Labute approximate surface area is 151 Å². The van der Waals surface area contributed by atoms with Gasteiger partial charge in [-0.25, -0.2) is 9.37 Å². The fourth-order valence-electron chi connectivity index (χ4n) is 2.91. The minimum Gasteiger partial charge on any atom is -0.387 e. The topological polar surface area (TPSA) is 69.2 Å². The van der Waals surface area contributed by atoms with E-state index in [2.05, 4.69) is 23.8 Å². The van der Waals surface area contributed by atoms with Crippen molar-refractivity contribution in [3.8, 4) is 0 Å². The summed E-state index contributed by atoms with van der Waals surface area (Å²) in [6.07, 6.45) is -0.828. The Morgan fingerprint density at radius 2 is 1.81 bits per heavy atom. The van der Waals surface area contributed by atoms with Crippen LogP contribution in [-0.4, -0.2) is 28.2 Å². The number of aliphatic hydroxyl groups is 1. The maximum absolute atomic E-state index is 13.1. The number of aliphatic hydroxyl groups excluding tert-OH is 1. The molecule has 0 aliphatic carbocycles. The Hall–Kier alpha value is -2.73. The summed E-state index contributed by atoms with van der Waals surface area (Å²) in [6.45, 7) is 4.96. The number of aromatic amines is 1. The molecule has 3 rings (SSSR count). The number of para-hydroxylation sites is 1. The summed E-state index contributed by atoms with van der Waals surface area (Å²) in [6, 6.07) is 12.9. The van der Waals surface area contributed by atoms with Gasteiger partial charge in [0.15, 0.2) is 0 Å². The smallest absolute Gasteiger partial charge is 0.260 e. The van der Waals surface area contributed by atoms with E-state index in [9.17, 15) is 14.3 Å². The third kappa shape index (κ3) is 4.08. The minimum absolute atomic E-state index is 0.212. The van der Waals surface area contributed by atoms with Crippen LogP contribution in [-0.2, 0) is 0 Å². The molecule has 1 heterocycles. The molecule has 2 aromatic carbocycles. The highest BCUT2D eigenvalue weighted by molar-refractivity contribution is 5.78. The minimum atomic E-state index is -0.828. The number of hydrogen-bond acceptors (Lipinski definition) is 4. The first-order valence-corrected chi connectivity index (χ1v) is 8.61. The van der Waals surface area contributed by atoms with Gasteiger partial charge in [0.2, 0.25) is 5.95 Å². The maximum Gasteiger partial charge on any atom is 0.260 e. The number of nitrogens with one attached hydrogen (secondary N) is 1. The van der Waals surface area contributed by atoms with E-state index in [1.54, 1.807) is 30.3 Å². The molecular formula is C20H22FN3O2. The van der Waals surface area contributed by atoms with Crippen LogP contribution in [0.2, 0.25) is 0 Å². The molecule has 5 nitrogen and oxygen atoms in total. The summed E-state index contributed by atoms with van der Waals surface area (Å²) in [5.41, 5.74) is 1.01. The monoisotopic (exact) mass is 355 g/mol. The Morgan fingerprint density at radius 1 is 1.12 bits per heavy atom. The van der Waals surface area contributed by atoms with Gasteiger partial charge in [0, 0.05) is 6.54 Å². The second-order valence-electron chi connectivity index (χ2n) is 6.77. The molecule has 0 spiro atoms. The fourth-order valence-corrected chi connectivity index (χ4v) is 2.91. The summed E-state index contributed by atoms with van der Waals surface area (Å²) in [7, 11) is 0. The van der Waals surface area contributed by atoms with Gasteiger partial charge in [-0.15, -0.1) is 0 Å². The average molecular weight is 355 g/mol. The summed E-state index contributed by atoms with van der Waals surface area (Å²) >= 11 is 0. The van der Waals surface area contributed by atoms with E-state index in [0.29, 0.717) is 34.9 Å². The predicted molar refractivity (Wildman–Crippen MR) is 101 cm³/mol. The van der Waals surface area contributed by atoms with Crippen molar-refractivity contribution >= 4 is 16.9 Å². The molecule has 0 saturated heterocycles. The second kappa shape index (κ2) is 7.66. The van der Waals surface area contributed by atoms with Crippen molar-refractivity contribution in [3.63, 3.8) is 0 Å². The molecule has 0 bridgehead atoms. The highest BCUT2D eigenvalue weighted by Crippen LogP contribution is 2.19. The molecule has 6 heteroatoms. The van der Waals surface area contributed by atoms with Gasteiger partial charge in [0.1, 0.15) is 5.82 Å². The molecule has 26 heavy (non-hydrogen) atoms. The van der Waals surface area contributed by atoms with Crippen molar-refractivity contribution in [1.29, 1.82) is 0 Å². The standard InChI is InChI=1S/C20H22FN3O2/c1-13(2)11-24(12-18(25)14-7-9-15(21)10-8-14)20-22-17-6-4-3-5-16(17)19(26)23-20/h3-10,13,18,25H,11-12H2,1-2H3,(H,22,23,26). The SMILES string of the molecule is CC(C)CN(CC(O)c1ccc(F)cc1)c1nc2ccccc2c(=O)[nH]1. The van der Waals surface area contributed by atoms with Crippen LogP contribution in [0, 0.1) is 11.7 Å². The van der Waals surface area contributed by atoms with Crippen molar-refractivity contribution in [3.05, 3.63) is 70.3 Å². The van der Waals surface area contributed by atoms with Gasteiger partial charge in [-0.05, 0) is 35.7 Å². The highest BCUT2D eigenvalue weighted by atomic mass is 19.1. The van der Waals surface area contributed by atoms with Crippen LogP contribution >= 0.6 is 0 Å². The average Bonchev–Trinajstić information content (AvgIpc) is 2.61. The number of anilines is 1. The molecule has 1 unspecified atom stereocenters. The Morgan fingerprint density at radius 3 is 2.50 bits per heavy atom. The van der Waals surface area contributed by atoms with E-state index in [4.69, 9.17) is 0 Å². The van der Waals surface area contributed by atoms with E-state index < -0.39 is 6.10 Å². The van der Waals surface area contributed by atoms with Crippen LogP contribution in [0.25, 0.3) is 10.9 Å². The molecule has 0 radical (unpaired) electrons. The van der Waals surface area contributed by atoms with Crippen LogP contribution in [0.3, 0.4) is 0 Å². The highest BCUT2D eigenvalue weighted by Gasteiger charge is 2.18. The molecule has 0 saturated carbocycles. The van der Waals surface area contributed by atoms with Gasteiger partial charge >= 0.3 is 0 Å². The van der Waals surface area contributed by atoms with Crippen LogP contribution < -0.4 is 10.5 Å². The number of aromatic nitrogens is 2. The molecule has 1 atom stereocenters. The normalized spacial score (nSPS) is 12.5. The Balaban J connectivity index is 1.93. The molecular weight excluding hydrogens is 333 g/mol. The quantitative estimate of drug-likeness (QED) is 0.712. The molecule has 0 aliphatic rings. The van der Waals surface area contributed by atoms with E-state index >= 15 is 0 Å². The first kappa shape index (κ1) is 18.1. The molecule has 2 N–H and O–H groups in total. The summed E-state index contributed by atoms with van der Waals surface area (Å²) in [5.74, 6) is 0.372. The zero-order chi connectivity index (χ0) is 18.7. The summed E-state index contributed by atoms with van der Waals surface area (Å²) in [4.78, 5) is 21.6. The number of rotatable bonds is 6. The van der Waals surface area contributed by atoms with Crippen molar-refractivity contribution < 1.29 is 9.50 Å². The van der Waals surface area contributed by atoms with Crippen molar-refractivity contribution in [1.82, 2.24) is 9.97 Å². The molecule has 0 amide bonds. The van der Waals surface area contributed by atoms with Gasteiger partial charge in [0.05, 0.1) is 23.6 Å². The molecule has 0 fully saturated rings. The first-order chi connectivity index (χ1) is 12.4. The van der Waals surface area contributed by atoms with Gasteiger partial charge in [-0.1, -0.05) is 38.1 Å². The molecule has 3 aromatic rings. The number of fused-ring (bicyclic) bond motifs is 1. The number of halogens is 1. The zero-order valence-corrected chi connectivity index (χ0v) is 14.8. The zero-order valence-electron chi connectivity index (χ0n) is 14.8. The van der Waals surface area contributed by atoms with Crippen LogP contribution in [0.4, 0.5) is 10.3 Å². The van der Waals surface area contributed by atoms with Crippen molar-refractivity contribution in [2.75, 3.05) is 18.0 Å². The maximum atomic E-state index is 13.1. The van der Waals surface area contributed by atoms with E-state index in [1.165, 1.54) is 12.1 Å². The number of H-pyrrole nitrogens is 1. The molecule has 136 valence electrons. The van der Waals surface area contributed by atoms with Gasteiger partial charge in [0.25, 0.3) is 5.56 Å². The number of benzene rings is 2. The predicted octanol–water partition coefficient (Wildman–Crippen LogP) is 3.26. The van der Waals surface area contributed by atoms with Crippen LogP contribution in [0.15, 0.2) is 53.3 Å². The first-order valence-electron chi connectivity index (χ1n) is 8.61. The Kier molecular flexibility index (Phi) is 5.32. The van der Waals surface area contributed by atoms with Gasteiger partial charge in [-0.3, -0.25) is 9.78 Å². The summed E-state index contributed by atoms with van der Waals surface area (Å²) < 4.78 is 13.1. The third-order valence-electron chi connectivity index (χ3n) is 4.13. The van der Waals surface area contributed by atoms with Crippen LogP contribution in [0.1, 0.15) is 25.5 Å². The lowest BCUT2D eigenvalue weighted by atomic mass is 10.1. The van der Waals surface area contributed by atoms with E-state index in [-0.39, 0.29) is 17.9 Å². The van der Waals surface area contributed by atoms with Gasteiger partial charge < -0.3 is 10.0 Å². The lowest BCUT2D eigenvalue weighted by molar-refractivity contribution is 0.182. The number of nitrogens with zero attached hydrogens (tertiary/aromatic N) is 2. The third-order valence-corrected chi connectivity index (χ3v) is 4.13. The fraction of sp³-hybridized carbons (Fsp3) is 0.300. The largest absolute Gasteiger partial charge is 0.387 e. The van der Waals surface area contributed by atoms with E-state index in [0.717, 1.165) is 0 Å². The molecule has 0 aliphatic heterocycles. The summed E-state index contributed by atoms with van der Waals surface area (Å²) in [5, 5.41) is 11.1. The Bertz CT molecular complexity index is 938. The van der Waals surface area contributed by atoms with Gasteiger partial charge in [-0.2, -0.15) is 0 Å².